The zero-order valence-electron chi connectivity index (χ0n) is 13.8. The third-order valence-electron chi connectivity index (χ3n) is 4.58. The smallest absolute Gasteiger partial charge is 0.0660 e. The largest absolute Gasteiger partial charge is 0.399 e. The van der Waals surface area contributed by atoms with Crippen molar-refractivity contribution in [3.63, 3.8) is 0 Å². The lowest BCUT2D eigenvalue weighted by Crippen LogP contribution is -2.46. The lowest BCUT2D eigenvalue weighted by atomic mass is 10.2. The van der Waals surface area contributed by atoms with Crippen LogP contribution in [0.2, 0.25) is 5.02 Å². The lowest BCUT2D eigenvalue weighted by molar-refractivity contribution is 0.249. The summed E-state index contributed by atoms with van der Waals surface area (Å²) in [7, 11) is 0. The number of hydrogen-bond acceptors (Lipinski definition) is 4. The monoisotopic (exact) mass is 333 g/mol. The Kier molecular flexibility index (Phi) is 4.78. The summed E-state index contributed by atoms with van der Waals surface area (Å²) in [6.45, 7) is 10.2. The molecule has 6 heteroatoms. The van der Waals surface area contributed by atoms with Gasteiger partial charge in [-0.25, -0.2) is 0 Å². The molecule has 1 aromatic carbocycles. The van der Waals surface area contributed by atoms with E-state index in [1.807, 2.05) is 24.4 Å². The Labute approximate surface area is 142 Å². The standard InChI is InChI=1S/C17H24ClN5/c1-3-23-13(2)14(11-20-23)12-21-6-8-22(9-7-21)17-5-4-15(19)10-16(17)18/h4-5,10-11H,3,6-9,12,19H2,1-2H3. The molecule has 1 aliphatic heterocycles. The minimum atomic E-state index is 0.709. The van der Waals surface area contributed by atoms with Crippen molar-refractivity contribution in [1.82, 2.24) is 14.7 Å². The Morgan fingerprint density at radius 1 is 1.22 bits per heavy atom. The van der Waals surface area contributed by atoms with Crippen LogP contribution < -0.4 is 10.6 Å². The lowest BCUT2D eigenvalue weighted by Gasteiger charge is -2.36. The fraction of sp³-hybridized carbons (Fsp3) is 0.471. The molecule has 3 rings (SSSR count). The van der Waals surface area contributed by atoms with Crippen LogP contribution in [0.25, 0.3) is 0 Å². The molecule has 23 heavy (non-hydrogen) atoms. The molecule has 5 nitrogen and oxygen atoms in total. The normalized spacial score (nSPS) is 16.0. The molecule has 2 aromatic rings. The number of halogens is 1. The van der Waals surface area contributed by atoms with Crippen LogP contribution in [0.1, 0.15) is 18.2 Å². The van der Waals surface area contributed by atoms with Gasteiger partial charge < -0.3 is 10.6 Å². The quantitative estimate of drug-likeness (QED) is 0.874. The molecule has 1 fully saturated rings. The number of benzene rings is 1. The zero-order valence-corrected chi connectivity index (χ0v) is 14.6. The van der Waals surface area contributed by atoms with E-state index in [0.717, 1.165) is 50.0 Å². The van der Waals surface area contributed by atoms with Gasteiger partial charge in [0.15, 0.2) is 0 Å². The summed E-state index contributed by atoms with van der Waals surface area (Å²) in [5, 5.41) is 5.17. The number of aromatic nitrogens is 2. The van der Waals surface area contributed by atoms with Gasteiger partial charge in [-0.3, -0.25) is 9.58 Å². The summed E-state index contributed by atoms with van der Waals surface area (Å²) in [6, 6.07) is 5.75. The van der Waals surface area contributed by atoms with Gasteiger partial charge in [-0.1, -0.05) is 11.6 Å². The van der Waals surface area contributed by atoms with Crippen LogP contribution in [0.3, 0.4) is 0 Å². The average molecular weight is 334 g/mol. The van der Waals surface area contributed by atoms with E-state index in [-0.39, 0.29) is 0 Å². The Morgan fingerprint density at radius 3 is 2.57 bits per heavy atom. The second-order valence-electron chi connectivity index (χ2n) is 6.05. The van der Waals surface area contributed by atoms with Crippen LogP contribution in [0, 0.1) is 6.92 Å². The molecule has 0 spiro atoms. The summed E-state index contributed by atoms with van der Waals surface area (Å²) in [4.78, 5) is 4.81. The molecule has 0 radical (unpaired) electrons. The summed E-state index contributed by atoms with van der Waals surface area (Å²) in [6.07, 6.45) is 2.00. The van der Waals surface area contributed by atoms with Crippen molar-refractivity contribution in [2.24, 2.45) is 0 Å². The summed E-state index contributed by atoms with van der Waals surface area (Å²) in [5.74, 6) is 0. The number of nitrogens with two attached hydrogens (primary N) is 1. The van der Waals surface area contributed by atoms with Gasteiger partial charge in [-0.15, -0.1) is 0 Å². The number of piperazine rings is 1. The van der Waals surface area contributed by atoms with E-state index >= 15 is 0 Å². The van der Waals surface area contributed by atoms with Crippen molar-refractivity contribution in [3.8, 4) is 0 Å². The van der Waals surface area contributed by atoms with E-state index in [1.165, 1.54) is 11.3 Å². The Hall–Kier alpha value is -1.72. The molecule has 0 amide bonds. The first-order valence-electron chi connectivity index (χ1n) is 8.12. The maximum atomic E-state index is 6.32. The van der Waals surface area contributed by atoms with E-state index in [4.69, 9.17) is 17.3 Å². The zero-order chi connectivity index (χ0) is 16.4. The Morgan fingerprint density at radius 2 is 1.96 bits per heavy atom. The minimum Gasteiger partial charge on any atom is -0.399 e. The van der Waals surface area contributed by atoms with Gasteiger partial charge in [0.1, 0.15) is 0 Å². The Bertz CT molecular complexity index is 674. The highest BCUT2D eigenvalue weighted by molar-refractivity contribution is 6.33. The van der Waals surface area contributed by atoms with Gasteiger partial charge in [0.25, 0.3) is 0 Å². The number of aryl methyl sites for hydroxylation is 1. The van der Waals surface area contributed by atoms with E-state index in [1.54, 1.807) is 0 Å². The summed E-state index contributed by atoms with van der Waals surface area (Å²) < 4.78 is 2.06. The minimum absolute atomic E-state index is 0.709. The van der Waals surface area contributed by atoms with Gasteiger partial charge in [-0.05, 0) is 32.0 Å². The second kappa shape index (κ2) is 6.81. The molecular formula is C17H24ClN5. The summed E-state index contributed by atoms with van der Waals surface area (Å²) in [5.41, 5.74) is 10.2. The van der Waals surface area contributed by atoms with Crippen LogP contribution in [0.4, 0.5) is 11.4 Å². The predicted octanol–water partition coefficient (Wildman–Crippen LogP) is 2.77. The van der Waals surface area contributed by atoms with Crippen LogP contribution in [0.15, 0.2) is 24.4 Å². The van der Waals surface area contributed by atoms with E-state index in [2.05, 4.69) is 33.4 Å². The first-order valence-corrected chi connectivity index (χ1v) is 8.50. The number of nitrogens with zero attached hydrogens (tertiary/aromatic N) is 4. The SMILES string of the molecule is CCn1ncc(CN2CCN(c3ccc(N)cc3Cl)CC2)c1C. The van der Waals surface area contributed by atoms with Gasteiger partial charge in [-0.2, -0.15) is 5.10 Å². The third kappa shape index (κ3) is 3.46. The van der Waals surface area contributed by atoms with E-state index in [0.29, 0.717) is 5.69 Å². The van der Waals surface area contributed by atoms with Crippen LogP contribution in [-0.2, 0) is 13.1 Å². The van der Waals surface area contributed by atoms with Crippen LogP contribution >= 0.6 is 11.6 Å². The molecule has 0 unspecified atom stereocenters. The first-order chi connectivity index (χ1) is 11.1. The van der Waals surface area contributed by atoms with Crippen LogP contribution in [-0.4, -0.2) is 40.9 Å². The van der Waals surface area contributed by atoms with Crippen molar-refractivity contribution in [2.45, 2.75) is 26.9 Å². The number of hydrogen-bond donors (Lipinski definition) is 1. The van der Waals surface area contributed by atoms with Crippen LogP contribution in [0.5, 0.6) is 0 Å². The molecule has 0 saturated carbocycles. The third-order valence-corrected chi connectivity index (χ3v) is 4.89. The highest BCUT2D eigenvalue weighted by Crippen LogP contribution is 2.28. The van der Waals surface area contributed by atoms with Gasteiger partial charge in [0, 0.05) is 56.2 Å². The fourth-order valence-electron chi connectivity index (χ4n) is 3.13. The molecule has 2 heterocycles. The van der Waals surface area contributed by atoms with Crippen molar-refractivity contribution in [2.75, 3.05) is 36.8 Å². The number of rotatable bonds is 4. The van der Waals surface area contributed by atoms with Crippen molar-refractivity contribution >= 4 is 23.0 Å². The Balaban J connectivity index is 1.61. The van der Waals surface area contributed by atoms with Gasteiger partial charge in [0.05, 0.1) is 16.9 Å². The van der Waals surface area contributed by atoms with E-state index < -0.39 is 0 Å². The maximum absolute atomic E-state index is 6.32. The molecule has 2 N–H and O–H groups in total. The molecule has 124 valence electrons. The van der Waals surface area contributed by atoms with E-state index in [9.17, 15) is 0 Å². The first kappa shape index (κ1) is 16.1. The highest BCUT2D eigenvalue weighted by Gasteiger charge is 2.20. The molecular weight excluding hydrogens is 310 g/mol. The van der Waals surface area contributed by atoms with Gasteiger partial charge in [0.2, 0.25) is 0 Å². The number of nitrogen functional groups attached to an aromatic ring is 1. The second-order valence-corrected chi connectivity index (χ2v) is 6.45. The fourth-order valence-corrected chi connectivity index (χ4v) is 3.44. The topological polar surface area (TPSA) is 50.3 Å². The number of anilines is 2. The molecule has 1 aliphatic rings. The molecule has 0 atom stereocenters. The highest BCUT2D eigenvalue weighted by atomic mass is 35.5. The average Bonchev–Trinajstić information content (AvgIpc) is 2.89. The van der Waals surface area contributed by atoms with Crippen molar-refractivity contribution in [1.29, 1.82) is 0 Å². The summed E-state index contributed by atoms with van der Waals surface area (Å²) >= 11 is 6.32. The van der Waals surface area contributed by atoms with Crippen molar-refractivity contribution in [3.05, 3.63) is 40.7 Å². The predicted molar refractivity (Wildman–Crippen MR) is 96.0 cm³/mol. The molecule has 0 aliphatic carbocycles. The van der Waals surface area contributed by atoms with Crippen molar-refractivity contribution < 1.29 is 0 Å². The van der Waals surface area contributed by atoms with Gasteiger partial charge >= 0.3 is 0 Å². The molecule has 0 bridgehead atoms. The molecule has 1 saturated heterocycles. The molecule has 1 aromatic heterocycles. The maximum Gasteiger partial charge on any atom is 0.0660 e.